The summed E-state index contributed by atoms with van der Waals surface area (Å²) in [5.41, 5.74) is 7.61. The molecule has 0 radical (unpaired) electrons. The first-order valence-electron chi connectivity index (χ1n) is 14.2. The number of hydrogen-bond acceptors (Lipinski definition) is 7. The van der Waals surface area contributed by atoms with E-state index >= 15 is 0 Å². The molecule has 1 amide bonds. The molecule has 8 nitrogen and oxygen atoms in total. The van der Waals surface area contributed by atoms with E-state index in [-0.39, 0.29) is 17.1 Å². The van der Waals surface area contributed by atoms with Crippen molar-refractivity contribution in [2.24, 2.45) is 5.10 Å². The topological polar surface area (TPSA) is 90.6 Å². The highest BCUT2D eigenvalue weighted by atomic mass is 32.2. The van der Waals surface area contributed by atoms with E-state index in [1.807, 2.05) is 83.4 Å². The Balaban J connectivity index is 1.23. The van der Waals surface area contributed by atoms with Gasteiger partial charge in [0.05, 0.1) is 19.1 Å². The minimum absolute atomic E-state index is 0.0411. The van der Waals surface area contributed by atoms with E-state index in [1.54, 1.807) is 13.3 Å². The Morgan fingerprint density at radius 3 is 2.23 bits per heavy atom. The lowest BCUT2D eigenvalue weighted by atomic mass is 9.87. The van der Waals surface area contributed by atoms with E-state index in [0.29, 0.717) is 17.6 Å². The minimum atomic E-state index is -0.255. The minimum Gasteiger partial charge on any atom is -0.497 e. The normalized spacial score (nSPS) is 11.5. The van der Waals surface area contributed by atoms with Gasteiger partial charge in [-0.3, -0.25) is 9.36 Å². The number of hydrazone groups is 1. The van der Waals surface area contributed by atoms with Crippen molar-refractivity contribution >= 4 is 23.9 Å². The van der Waals surface area contributed by atoms with E-state index in [2.05, 4.69) is 65.8 Å². The van der Waals surface area contributed by atoms with Crippen LogP contribution in [0.1, 0.15) is 37.5 Å². The third-order valence-electron chi connectivity index (χ3n) is 6.84. The Kier molecular flexibility index (Phi) is 9.76. The maximum absolute atomic E-state index is 12.7. The molecule has 0 aliphatic rings. The first kappa shape index (κ1) is 30.6. The summed E-state index contributed by atoms with van der Waals surface area (Å²) in [5.74, 6) is 2.05. The lowest BCUT2D eigenvalue weighted by Crippen LogP contribution is -2.20. The van der Waals surface area contributed by atoms with Gasteiger partial charge in [0.2, 0.25) is 0 Å². The van der Waals surface area contributed by atoms with Crippen molar-refractivity contribution in [3.63, 3.8) is 0 Å². The van der Waals surface area contributed by atoms with Gasteiger partial charge in [0.1, 0.15) is 18.1 Å². The van der Waals surface area contributed by atoms with E-state index < -0.39 is 0 Å². The molecule has 224 valence electrons. The number of thioether (sulfide) groups is 1. The van der Waals surface area contributed by atoms with Crippen molar-refractivity contribution in [1.82, 2.24) is 20.2 Å². The number of methoxy groups -OCH3 is 1. The summed E-state index contributed by atoms with van der Waals surface area (Å²) in [4.78, 5) is 12.7. The number of carbonyl (C=O) groups excluding carboxylic acids is 1. The molecule has 0 spiro atoms. The van der Waals surface area contributed by atoms with Crippen LogP contribution in [0.2, 0.25) is 0 Å². The fourth-order valence-electron chi connectivity index (χ4n) is 4.37. The molecule has 5 rings (SSSR count). The fraction of sp³-hybridized carbons (Fsp3) is 0.200. The van der Waals surface area contributed by atoms with Gasteiger partial charge < -0.3 is 9.47 Å². The van der Waals surface area contributed by atoms with Crippen molar-refractivity contribution < 1.29 is 14.3 Å². The highest BCUT2D eigenvalue weighted by molar-refractivity contribution is 7.99. The number of benzene rings is 4. The Morgan fingerprint density at radius 2 is 1.57 bits per heavy atom. The van der Waals surface area contributed by atoms with Gasteiger partial charge >= 0.3 is 0 Å². The fourth-order valence-corrected chi connectivity index (χ4v) is 5.11. The zero-order chi connectivity index (χ0) is 30.9. The highest BCUT2D eigenvalue weighted by Gasteiger charge is 2.19. The summed E-state index contributed by atoms with van der Waals surface area (Å²) in [6.07, 6.45) is 1.60. The van der Waals surface area contributed by atoms with Gasteiger partial charge in [-0.2, -0.15) is 5.10 Å². The number of hydrogen-bond donors (Lipinski definition) is 1. The molecule has 0 saturated heterocycles. The molecule has 0 aliphatic heterocycles. The second-order valence-corrected chi connectivity index (χ2v) is 12.0. The van der Waals surface area contributed by atoms with Crippen molar-refractivity contribution in [2.75, 3.05) is 12.9 Å². The molecule has 9 heteroatoms. The number of amides is 1. The zero-order valence-corrected chi connectivity index (χ0v) is 26.0. The summed E-state index contributed by atoms with van der Waals surface area (Å²) in [5, 5.41) is 13.7. The van der Waals surface area contributed by atoms with E-state index in [9.17, 15) is 4.79 Å². The Hall–Kier alpha value is -4.89. The quantitative estimate of drug-likeness (QED) is 0.0985. The average Bonchev–Trinajstić information content (AvgIpc) is 3.47. The molecule has 4 aromatic carbocycles. The van der Waals surface area contributed by atoms with Crippen LogP contribution in [0.3, 0.4) is 0 Å². The van der Waals surface area contributed by atoms with Crippen LogP contribution < -0.4 is 14.9 Å². The molecule has 0 unspecified atom stereocenters. The van der Waals surface area contributed by atoms with Crippen LogP contribution in [0.4, 0.5) is 0 Å². The van der Waals surface area contributed by atoms with E-state index in [0.717, 1.165) is 33.9 Å². The number of aromatic nitrogens is 3. The second-order valence-electron chi connectivity index (χ2n) is 11.1. The predicted molar refractivity (Wildman–Crippen MR) is 176 cm³/mol. The van der Waals surface area contributed by atoms with Gasteiger partial charge in [-0.15, -0.1) is 10.2 Å². The Labute approximate surface area is 262 Å². The zero-order valence-electron chi connectivity index (χ0n) is 25.2. The molecule has 0 atom stereocenters. The third-order valence-corrected chi connectivity index (χ3v) is 7.77. The molecular formula is C35H35N5O3S. The van der Waals surface area contributed by atoms with Crippen LogP contribution in [0.25, 0.3) is 17.1 Å². The number of nitrogens with one attached hydrogen (secondary N) is 1. The summed E-state index contributed by atoms with van der Waals surface area (Å²) in [7, 11) is 1.63. The van der Waals surface area contributed by atoms with Gasteiger partial charge in [-0.05, 0) is 70.6 Å². The SMILES string of the molecule is COc1ccc(-n2c(SCC(=O)N/N=C/c3ccc(OCc4ccccc4)cc3)nnc2-c2ccc(C(C)(C)C)cc2)cc1. The average molecular weight is 606 g/mol. The maximum atomic E-state index is 12.7. The summed E-state index contributed by atoms with van der Waals surface area (Å²) in [6, 6.07) is 33.5. The van der Waals surface area contributed by atoms with Crippen LogP contribution in [0, 0.1) is 0 Å². The number of rotatable bonds is 11. The molecule has 0 aliphatic carbocycles. The van der Waals surface area contributed by atoms with Gasteiger partial charge in [0.25, 0.3) is 5.91 Å². The molecule has 44 heavy (non-hydrogen) atoms. The Bertz CT molecular complexity index is 1690. The van der Waals surface area contributed by atoms with Gasteiger partial charge in [0.15, 0.2) is 11.0 Å². The molecule has 1 aromatic heterocycles. The highest BCUT2D eigenvalue weighted by Crippen LogP contribution is 2.31. The van der Waals surface area contributed by atoms with Crippen LogP contribution >= 0.6 is 11.8 Å². The third kappa shape index (κ3) is 7.93. The molecule has 1 heterocycles. The molecule has 0 fully saturated rings. The van der Waals surface area contributed by atoms with Crippen LogP contribution in [-0.4, -0.2) is 39.7 Å². The molecule has 1 N–H and O–H groups in total. The number of nitrogens with zero attached hydrogens (tertiary/aromatic N) is 4. The summed E-state index contributed by atoms with van der Waals surface area (Å²) < 4.78 is 13.1. The Morgan fingerprint density at radius 1 is 0.886 bits per heavy atom. The van der Waals surface area contributed by atoms with Crippen LogP contribution in [-0.2, 0) is 16.8 Å². The molecule has 0 saturated carbocycles. The lowest BCUT2D eigenvalue weighted by Gasteiger charge is -2.19. The molecular weight excluding hydrogens is 570 g/mol. The van der Waals surface area contributed by atoms with Gasteiger partial charge in [-0.1, -0.05) is 87.1 Å². The van der Waals surface area contributed by atoms with Gasteiger partial charge in [0, 0.05) is 11.3 Å². The summed E-state index contributed by atoms with van der Waals surface area (Å²) >= 11 is 1.29. The van der Waals surface area contributed by atoms with Gasteiger partial charge in [-0.25, -0.2) is 5.43 Å². The lowest BCUT2D eigenvalue weighted by molar-refractivity contribution is -0.118. The maximum Gasteiger partial charge on any atom is 0.250 e. The second kappa shape index (κ2) is 14.1. The number of ether oxygens (including phenoxy) is 2. The first-order valence-corrected chi connectivity index (χ1v) is 15.2. The monoisotopic (exact) mass is 605 g/mol. The largest absolute Gasteiger partial charge is 0.497 e. The first-order chi connectivity index (χ1) is 21.3. The molecule has 5 aromatic rings. The van der Waals surface area contributed by atoms with Crippen LogP contribution in [0.15, 0.2) is 113 Å². The molecule has 0 bridgehead atoms. The van der Waals surface area contributed by atoms with E-state index in [4.69, 9.17) is 9.47 Å². The van der Waals surface area contributed by atoms with Crippen LogP contribution in [0.5, 0.6) is 11.5 Å². The standard InChI is InChI=1S/C35H35N5O3S/c1-35(2,3)28-14-12-27(13-15-28)33-38-39-34(40(33)29-16-20-30(42-4)21-17-29)44-24-32(41)37-36-22-25-10-18-31(19-11-25)43-23-26-8-6-5-7-9-26/h5-22H,23-24H2,1-4H3,(H,37,41)/b36-22+. The number of carbonyl (C=O) groups is 1. The summed E-state index contributed by atoms with van der Waals surface area (Å²) in [6.45, 7) is 7.05. The smallest absolute Gasteiger partial charge is 0.250 e. The van der Waals surface area contributed by atoms with Crippen molar-refractivity contribution in [2.45, 2.75) is 37.9 Å². The predicted octanol–water partition coefficient (Wildman–Crippen LogP) is 7.06. The van der Waals surface area contributed by atoms with Crippen molar-refractivity contribution in [1.29, 1.82) is 0 Å². The van der Waals surface area contributed by atoms with E-state index in [1.165, 1.54) is 17.3 Å². The van der Waals surface area contributed by atoms with Crippen molar-refractivity contribution in [3.8, 4) is 28.6 Å². The van der Waals surface area contributed by atoms with Crippen molar-refractivity contribution in [3.05, 3.63) is 120 Å².